The van der Waals surface area contributed by atoms with Gasteiger partial charge in [-0.25, -0.2) is 4.98 Å². The molecule has 0 radical (unpaired) electrons. The Morgan fingerprint density at radius 3 is 2.81 bits per heavy atom. The van der Waals surface area contributed by atoms with Crippen molar-refractivity contribution in [3.05, 3.63) is 6.33 Å². The molecular formula is C10H19N5O. The first-order chi connectivity index (χ1) is 7.65. The van der Waals surface area contributed by atoms with Gasteiger partial charge in [-0.2, -0.15) is 4.98 Å². The smallest absolute Gasteiger partial charge is 0.242 e. The van der Waals surface area contributed by atoms with Crippen molar-refractivity contribution in [2.75, 3.05) is 44.8 Å². The summed E-state index contributed by atoms with van der Waals surface area (Å²) in [4.78, 5) is 10.1. The van der Waals surface area contributed by atoms with Gasteiger partial charge >= 0.3 is 0 Å². The van der Waals surface area contributed by atoms with Crippen LogP contribution in [0.3, 0.4) is 0 Å². The number of hydrogen-bond acceptors (Lipinski definition) is 6. The van der Waals surface area contributed by atoms with E-state index < -0.39 is 0 Å². The molecular weight excluding hydrogens is 206 g/mol. The second-order valence-electron chi connectivity index (χ2n) is 3.60. The van der Waals surface area contributed by atoms with E-state index in [4.69, 9.17) is 10.5 Å². The molecule has 0 aliphatic carbocycles. The second-order valence-corrected chi connectivity index (χ2v) is 3.60. The zero-order valence-electron chi connectivity index (χ0n) is 10.0. The third-order valence-corrected chi connectivity index (χ3v) is 1.98. The third kappa shape index (κ3) is 3.54. The highest BCUT2D eigenvalue weighted by Gasteiger charge is 2.07. The molecule has 1 heterocycles. The lowest BCUT2D eigenvalue weighted by Gasteiger charge is -2.13. The normalized spacial score (nSPS) is 10.5. The van der Waals surface area contributed by atoms with Crippen LogP contribution in [0, 0.1) is 0 Å². The molecule has 0 saturated carbocycles. The maximum atomic E-state index is 5.86. The molecule has 16 heavy (non-hydrogen) atoms. The Kier molecular flexibility index (Phi) is 4.78. The van der Waals surface area contributed by atoms with Crippen molar-refractivity contribution >= 4 is 11.5 Å². The third-order valence-electron chi connectivity index (χ3n) is 1.98. The van der Waals surface area contributed by atoms with Gasteiger partial charge in [0, 0.05) is 13.1 Å². The van der Waals surface area contributed by atoms with E-state index in [-0.39, 0.29) is 0 Å². The molecule has 1 rings (SSSR count). The van der Waals surface area contributed by atoms with Gasteiger partial charge in [0.15, 0.2) is 5.82 Å². The largest absolute Gasteiger partial charge is 0.476 e. The van der Waals surface area contributed by atoms with Crippen LogP contribution in [0.25, 0.3) is 0 Å². The van der Waals surface area contributed by atoms with E-state index in [9.17, 15) is 0 Å². The number of rotatable bonds is 6. The molecule has 0 aromatic carbocycles. The van der Waals surface area contributed by atoms with Crippen LogP contribution in [0.5, 0.6) is 5.88 Å². The van der Waals surface area contributed by atoms with Crippen molar-refractivity contribution in [1.82, 2.24) is 14.9 Å². The summed E-state index contributed by atoms with van der Waals surface area (Å²) >= 11 is 0. The van der Waals surface area contributed by atoms with Crippen LogP contribution >= 0.6 is 0 Å². The van der Waals surface area contributed by atoms with Gasteiger partial charge in [0.2, 0.25) is 5.88 Å². The highest BCUT2D eigenvalue weighted by atomic mass is 16.5. The molecule has 90 valence electrons. The lowest BCUT2D eigenvalue weighted by atomic mass is 10.4. The molecule has 0 aliphatic heterocycles. The number of likely N-dealkylation sites (N-methyl/N-ethyl adjacent to an activating group) is 1. The molecule has 0 unspecified atom stereocenters. The Morgan fingerprint density at radius 1 is 1.44 bits per heavy atom. The van der Waals surface area contributed by atoms with Crippen LogP contribution in [0.1, 0.15) is 6.92 Å². The summed E-state index contributed by atoms with van der Waals surface area (Å²) in [6.45, 7) is 4.12. The summed E-state index contributed by atoms with van der Waals surface area (Å²) in [5.41, 5.74) is 6.32. The molecule has 1 aromatic rings. The molecule has 6 heteroatoms. The summed E-state index contributed by atoms with van der Waals surface area (Å²) in [7, 11) is 4.02. The van der Waals surface area contributed by atoms with Crippen molar-refractivity contribution < 1.29 is 4.74 Å². The number of nitrogens with one attached hydrogen (secondary N) is 1. The second kappa shape index (κ2) is 6.12. The predicted octanol–water partition coefficient (Wildman–Crippen LogP) is 0.431. The van der Waals surface area contributed by atoms with Crippen molar-refractivity contribution in [3.8, 4) is 5.88 Å². The van der Waals surface area contributed by atoms with Gasteiger partial charge in [0.05, 0.1) is 6.61 Å². The van der Waals surface area contributed by atoms with E-state index in [0.717, 1.165) is 13.1 Å². The van der Waals surface area contributed by atoms with Gasteiger partial charge in [0.1, 0.15) is 12.0 Å². The Labute approximate surface area is 95.8 Å². The number of anilines is 2. The highest BCUT2D eigenvalue weighted by Crippen LogP contribution is 2.23. The number of aromatic nitrogens is 2. The first kappa shape index (κ1) is 12.5. The van der Waals surface area contributed by atoms with Crippen molar-refractivity contribution in [3.63, 3.8) is 0 Å². The summed E-state index contributed by atoms with van der Waals surface area (Å²) in [6.07, 6.45) is 1.44. The number of nitrogens with zero attached hydrogens (tertiary/aromatic N) is 3. The van der Waals surface area contributed by atoms with Crippen LogP contribution in [-0.4, -0.2) is 48.7 Å². The summed E-state index contributed by atoms with van der Waals surface area (Å²) in [5, 5.41) is 3.15. The van der Waals surface area contributed by atoms with Crippen molar-refractivity contribution in [2.24, 2.45) is 0 Å². The molecule has 0 bridgehead atoms. The van der Waals surface area contributed by atoms with E-state index in [0.29, 0.717) is 24.0 Å². The Hall–Kier alpha value is -1.56. The predicted molar refractivity (Wildman–Crippen MR) is 64.7 cm³/mol. The molecule has 0 atom stereocenters. The lowest BCUT2D eigenvalue weighted by molar-refractivity contribution is 0.328. The van der Waals surface area contributed by atoms with Gasteiger partial charge in [0.25, 0.3) is 0 Å². The van der Waals surface area contributed by atoms with Gasteiger partial charge < -0.3 is 20.7 Å². The molecule has 1 aromatic heterocycles. The van der Waals surface area contributed by atoms with E-state index in [1.807, 2.05) is 21.0 Å². The molecule has 0 spiro atoms. The van der Waals surface area contributed by atoms with Crippen molar-refractivity contribution in [1.29, 1.82) is 0 Å². The summed E-state index contributed by atoms with van der Waals surface area (Å²) in [5.74, 6) is 1.06. The first-order valence-corrected chi connectivity index (χ1v) is 5.27. The Bertz CT molecular complexity index is 329. The Morgan fingerprint density at radius 2 is 2.19 bits per heavy atom. The van der Waals surface area contributed by atoms with Crippen LogP contribution in [0.2, 0.25) is 0 Å². The molecule has 0 fully saturated rings. The molecule has 0 amide bonds. The number of nitrogen functional groups attached to an aromatic ring is 1. The van der Waals surface area contributed by atoms with E-state index in [2.05, 4.69) is 20.2 Å². The number of hydrogen-bond donors (Lipinski definition) is 2. The minimum Gasteiger partial charge on any atom is -0.476 e. The fourth-order valence-corrected chi connectivity index (χ4v) is 1.17. The maximum absolute atomic E-state index is 5.86. The summed E-state index contributed by atoms with van der Waals surface area (Å²) in [6, 6.07) is 0. The number of nitrogens with two attached hydrogens (primary N) is 1. The van der Waals surface area contributed by atoms with Crippen LogP contribution < -0.4 is 15.8 Å². The minimum absolute atomic E-state index is 0.435. The minimum atomic E-state index is 0.435. The van der Waals surface area contributed by atoms with Crippen molar-refractivity contribution in [2.45, 2.75) is 6.92 Å². The Balaban J connectivity index is 2.62. The zero-order chi connectivity index (χ0) is 12.0. The SMILES string of the molecule is CCOc1ncnc(NCCN(C)C)c1N. The summed E-state index contributed by atoms with van der Waals surface area (Å²) < 4.78 is 5.28. The van der Waals surface area contributed by atoms with E-state index in [1.54, 1.807) is 0 Å². The fourth-order valence-electron chi connectivity index (χ4n) is 1.17. The topological polar surface area (TPSA) is 76.3 Å². The highest BCUT2D eigenvalue weighted by molar-refractivity contribution is 5.66. The molecule has 0 aliphatic rings. The standard InChI is InChI=1S/C10H19N5O/c1-4-16-10-8(11)9(13-7-14-10)12-5-6-15(2)3/h7H,4-6,11H2,1-3H3,(H,12,13,14). The van der Waals surface area contributed by atoms with E-state index in [1.165, 1.54) is 6.33 Å². The quantitative estimate of drug-likeness (QED) is 0.731. The molecule has 3 N–H and O–H groups in total. The van der Waals surface area contributed by atoms with Crippen LogP contribution in [-0.2, 0) is 0 Å². The lowest BCUT2D eigenvalue weighted by Crippen LogP contribution is -2.21. The van der Waals surface area contributed by atoms with Gasteiger partial charge in [-0.3, -0.25) is 0 Å². The number of ether oxygens (including phenoxy) is 1. The van der Waals surface area contributed by atoms with Crippen LogP contribution in [0.15, 0.2) is 6.33 Å². The van der Waals surface area contributed by atoms with Gasteiger partial charge in [-0.05, 0) is 21.0 Å². The van der Waals surface area contributed by atoms with Gasteiger partial charge in [-0.1, -0.05) is 0 Å². The molecule has 6 nitrogen and oxygen atoms in total. The van der Waals surface area contributed by atoms with Gasteiger partial charge in [-0.15, -0.1) is 0 Å². The molecule has 0 saturated heterocycles. The average molecular weight is 225 g/mol. The fraction of sp³-hybridized carbons (Fsp3) is 0.600. The zero-order valence-corrected chi connectivity index (χ0v) is 10.0. The monoisotopic (exact) mass is 225 g/mol. The average Bonchev–Trinajstić information content (AvgIpc) is 2.23. The first-order valence-electron chi connectivity index (χ1n) is 5.27. The maximum Gasteiger partial charge on any atom is 0.242 e. The van der Waals surface area contributed by atoms with E-state index >= 15 is 0 Å². The van der Waals surface area contributed by atoms with Crippen LogP contribution in [0.4, 0.5) is 11.5 Å².